The van der Waals surface area contributed by atoms with Gasteiger partial charge in [-0.05, 0) is 29.3 Å². The number of imidazole rings is 1. The Morgan fingerprint density at radius 2 is 1.86 bits per heavy atom. The van der Waals surface area contributed by atoms with Gasteiger partial charge in [-0.3, -0.25) is 0 Å². The fourth-order valence-corrected chi connectivity index (χ4v) is 3.85. The Morgan fingerprint density at radius 3 is 2.54 bits per heavy atom. The first-order valence-corrected chi connectivity index (χ1v) is 9.91. The lowest BCUT2D eigenvalue weighted by molar-refractivity contribution is -0.137. The summed E-state index contributed by atoms with van der Waals surface area (Å²) in [6, 6.07) is 9.68. The number of sulfonamides is 1. The van der Waals surface area contributed by atoms with Crippen molar-refractivity contribution in [2.24, 2.45) is 0 Å². The van der Waals surface area contributed by atoms with Crippen molar-refractivity contribution in [3.8, 4) is 0 Å². The van der Waals surface area contributed by atoms with Crippen LogP contribution in [0.1, 0.15) is 16.7 Å². The van der Waals surface area contributed by atoms with E-state index in [-0.39, 0.29) is 6.54 Å². The van der Waals surface area contributed by atoms with Gasteiger partial charge >= 0.3 is 6.18 Å². The van der Waals surface area contributed by atoms with Gasteiger partial charge in [0, 0.05) is 25.5 Å². The Hall–Kier alpha value is -2.36. The summed E-state index contributed by atoms with van der Waals surface area (Å²) >= 11 is 5.54. The highest BCUT2D eigenvalue weighted by atomic mass is 35.5. The lowest BCUT2D eigenvalue weighted by Gasteiger charge is -2.12. The zero-order valence-electron chi connectivity index (χ0n) is 14.3. The standard InChI is InChI=1S/C18H15ClF3N3O2S/c19-17-5-4-15(9-16(17)18(20,21)22)28(26,27)24-10-13-2-1-3-14(8-13)11-25-7-6-23-12-25/h1-9,12,24H,10-11H2. The highest BCUT2D eigenvalue weighted by Crippen LogP contribution is 2.35. The molecule has 2 aromatic carbocycles. The molecule has 0 aliphatic carbocycles. The van der Waals surface area contributed by atoms with Crippen LogP contribution >= 0.6 is 11.6 Å². The van der Waals surface area contributed by atoms with E-state index in [4.69, 9.17) is 11.6 Å². The summed E-state index contributed by atoms with van der Waals surface area (Å²) in [5.41, 5.74) is 0.408. The van der Waals surface area contributed by atoms with Crippen molar-refractivity contribution >= 4 is 21.6 Å². The molecule has 0 aliphatic heterocycles. The molecule has 10 heteroatoms. The number of aromatic nitrogens is 2. The Bertz CT molecular complexity index is 1070. The lowest BCUT2D eigenvalue weighted by Crippen LogP contribution is -2.24. The molecular formula is C18H15ClF3N3O2S. The lowest BCUT2D eigenvalue weighted by atomic mass is 10.1. The third kappa shape index (κ3) is 4.92. The second-order valence-corrected chi connectivity index (χ2v) is 8.19. The number of hydrogen-bond donors (Lipinski definition) is 1. The van der Waals surface area contributed by atoms with Crippen molar-refractivity contribution in [3.05, 3.63) is 82.9 Å². The zero-order valence-corrected chi connectivity index (χ0v) is 15.9. The molecular weight excluding hydrogens is 415 g/mol. The molecule has 0 radical (unpaired) electrons. The Labute approximate surface area is 164 Å². The average Bonchev–Trinajstić information content (AvgIpc) is 3.12. The van der Waals surface area contributed by atoms with Crippen molar-refractivity contribution in [2.45, 2.75) is 24.2 Å². The molecule has 0 atom stereocenters. The van der Waals surface area contributed by atoms with Crippen LogP contribution in [0.15, 0.2) is 66.1 Å². The SMILES string of the molecule is O=S(=O)(NCc1cccc(Cn2ccnc2)c1)c1ccc(Cl)c(C(F)(F)F)c1. The number of nitrogens with zero attached hydrogens (tertiary/aromatic N) is 2. The normalized spacial score (nSPS) is 12.3. The van der Waals surface area contributed by atoms with Crippen LogP contribution in [0.25, 0.3) is 0 Å². The van der Waals surface area contributed by atoms with Crippen LogP contribution in [0.2, 0.25) is 5.02 Å². The first-order valence-electron chi connectivity index (χ1n) is 8.05. The molecule has 1 heterocycles. The third-order valence-corrected chi connectivity index (χ3v) is 5.66. The molecule has 0 unspecified atom stereocenters. The number of halogens is 4. The van der Waals surface area contributed by atoms with Crippen LogP contribution in [0.4, 0.5) is 13.2 Å². The van der Waals surface area contributed by atoms with Gasteiger partial charge in [-0.15, -0.1) is 0 Å². The topological polar surface area (TPSA) is 64.0 Å². The molecule has 3 rings (SSSR count). The molecule has 3 aromatic rings. The second kappa shape index (κ2) is 7.94. The monoisotopic (exact) mass is 429 g/mol. The van der Waals surface area contributed by atoms with Gasteiger partial charge in [0.1, 0.15) is 0 Å². The molecule has 0 spiro atoms. The number of alkyl halides is 3. The van der Waals surface area contributed by atoms with Crippen LogP contribution in [0.5, 0.6) is 0 Å². The summed E-state index contributed by atoms with van der Waals surface area (Å²) < 4.78 is 67.9. The number of rotatable bonds is 6. The minimum Gasteiger partial charge on any atom is -0.333 e. The van der Waals surface area contributed by atoms with Crippen molar-refractivity contribution in [1.82, 2.24) is 14.3 Å². The fraction of sp³-hybridized carbons (Fsp3) is 0.167. The molecule has 0 aliphatic rings. The quantitative estimate of drug-likeness (QED) is 0.642. The van der Waals surface area contributed by atoms with Crippen molar-refractivity contribution in [1.29, 1.82) is 0 Å². The highest BCUT2D eigenvalue weighted by molar-refractivity contribution is 7.89. The third-order valence-electron chi connectivity index (χ3n) is 3.94. The maximum absolute atomic E-state index is 13.0. The predicted octanol–water partition coefficient (Wildman–Crippen LogP) is 4.08. The summed E-state index contributed by atoms with van der Waals surface area (Å²) in [5, 5.41) is -0.557. The number of nitrogens with one attached hydrogen (secondary N) is 1. The van der Waals surface area contributed by atoms with Gasteiger partial charge < -0.3 is 4.57 Å². The van der Waals surface area contributed by atoms with Crippen LogP contribution < -0.4 is 4.72 Å². The van der Waals surface area contributed by atoms with Crippen molar-refractivity contribution in [2.75, 3.05) is 0 Å². The summed E-state index contributed by atoms with van der Waals surface area (Å²) in [6.07, 6.45) is 0.367. The average molecular weight is 430 g/mol. The van der Waals surface area contributed by atoms with Gasteiger partial charge in [0.05, 0.1) is 21.8 Å². The number of hydrogen-bond acceptors (Lipinski definition) is 3. The molecule has 0 fully saturated rings. The minimum absolute atomic E-state index is 0.0654. The van der Waals surface area contributed by atoms with Crippen molar-refractivity contribution < 1.29 is 21.6 Å². The van der Waals surface area contributed by atoms with E-state index in [1.165, 1.54) is 0 Å². The van der Waals surface area contributed by atoms with E-state index in [0.717, 1.165) is 17.7 Å². The van der Waals surface area contributed by atoms with Crippen LogP contribution in [-0.4, -0.2) is 18.0 Å². The molecule has 0 bridgehead atoms. The Kier molecular flexibility index (Phi) is 5.78. The molecule has 1 N–H and O–H groups in total. The highest BCUT2D eigenvalue weighted by Gasteiger charge is 2.34. The molecule has 28 heavy (non-hydrogen) atoms. The summed E-state index contributed by atoms with van der Waals surface area (Å²) in [7, 11) is -4.14. The molecule has 148 valence electrons. The largest absolute Gasteiger partial charge is 0.417 e. The van der Waals surface area contributed by atoms with Crippen molar-refractivity contribution in [3.63, 3.8) is 0 Å². The van der Waals surface area contributed by atoms with Crippen LogP contribution in [-0.2, 0) is 29.3 Å². The van der Waals surface area contributed by atoms with Gasteiger partial charge in [0.15, 0.2) is 0 Å². The minimum atomic E-state index is -4.75. The van der Waals surface area contributed by atoms with Crippen LogP contribution in [0, 0.1) is 0 Å². The van der Waals surface area contributed by atoms with E-state index >= 15 is 0 Å². The van der Waals surface area contributed by atoms with Gasteiger partial charge in [-0.25, -0.2) is 18.1 Å². The van der Waals surface area contributed by atoms with E-state index in [0.29, 0.717) is 18.2 Å². The maximum Gasteiger partial charge on any atom is 0.417 e. The smallest absolute Gasteiger partial charge is 0.333 e. The first-order chi connectivity index (χ1) is 13.1. The maximum atomic E-state index is 13.0. The number of benzene rings is 2. The Morgan fingerprint density at radius 1 is 1.11 bits per heavy atom. The van der Waals surface area contributed by atoms with E-state index in [2.05, 4.69) is 9.71 Å². The van der Waals surface area contributed by atoms with Crippen LogP contribution in [0.3, 0.4) is 0 Å². The predicted molar refractivity (Wildman–Crippen MR) is 98.3 cm³/mol. The van der Waals surface area contributed by atoms with E-state index in [9.17, 15) is 21.6 Å². The fourth-order valence-electron chi connectivity index (χ4n) is 2.58. The summed E-state index contributed by atoms with van der Waals surface area (Å²) in [5.74, 6) is 0. The first kappa shape index (κ1) is 20.4. The molecule has 0 saturated heterocycles. The Balaban J connectivity index is 1.75. The van der Waals surface area contributed by atoms with Gasteiger partial charge in [0.2, 0.25) is 10.0 Å². The van der Waals surface area contributed by atoms with E-state index in [1.54, 1.807) is 30.9 Å². The molecule has 0 amide bonds. The zero-order chi connectivity index (χ0) is 20.4. The molecule has 1 aromatic heterocycles. The van der Waals surface area contributed by atoms with Gasteiger partial charge in [-0.2, -0.15) is 13.2 Å². The van der Waals surface area contributed by atoms with Gasteiger partial charge in [0.25, 0.3) is 0 Å². The second-order valence-electron chi connectivity index (χ2n) is 6.02. The molecule has 0 saturated carbocycles. The summed E-state index contributed by atoms with van der Waals surface area (Å²) in [4.78, 5) is 3.45. The van der Waals surface area contributed by atoms with Gasteiger partial charge in [-0.1, -0.05) is 35.9 Å². The summed E-state index contributed by atoms with van der Waals surface area (Å²) in [6.45, 7) is 0.497. The molecule has 5 nitrogen and oxygen atoms in total. The van der Waals surface area contributed by atoms with E-state index < -0.39 is 31.7 Å². The van der Waals surface area contributed by atoms with E-state index in [1.807, 2.05) is 16.7 Å².